The number of nitrogens with zero attached hydrogens (tertiary/aromatic N) is 1. The highest BCUT2D eigenvalue weighted by molar-refractivity contribution is 8.18. The van der Waals surface area contributed by atoms with Crippen molar-refractivity contribution in [3.63, 3.8) is 0 Å². The Balaban J connectivity index is 1.26. The standard InChI is InChI=1S/C33H27ClN2O6S/c1-2-16-41-32(39)26-18-24(14-15-27(26)34)35-30(37)19-36-31(38)29(43-33(36)40)17-22-9-4-6-13-28(22)42-20-23-11-7-10-21-8-3-5-12-25(21)23/h3-15,17-18H,2,16,19-20H2,1H3,(H,35,37)/b29-17-. The van der Waals surface area contributed by atoms with Crippen LogP contribution >= 0.6 is 23.4 Å². The van der Waals surface area contributed by atoms with Gasteiger partial charge in [0.1, 0.15) is 18.9 Å². The number of hydrogen-bond donors (Lipinski definition) is 1. The van der Waals surface area contributed by atoms with Crippen molar-refractivity contribution < 1.29 is 28.7 Å². The van der Waals surface area contributed by atoms with E-state index in [4.69, 9.17) is 21.1 Å². The second-order valence-electron chi connectivity index (χ2n) is 9.61. The zero-order valence-electron chi connectivity index (χ0n) is 23.2. The second-order valence-corrected chi connectivity index (χ2v) is 11.0. The van der Waals surface area contributed by atoms with Gasteiger partial charge in [-0.2, -0.15) is 0 Å². The van der Waals surface area contributed by atoms with Crippen molar-refractivity contribution in [2.75, 3.05) is 18.5 Å². The SMILES string of the molecule is CCCOC(=O)c1cc(NC(=O)CN2C(=O)S/C(=C\c3ccccc3OCc3cccc4ccccc34)C2=O)ccc1Cl. The van der Waals surface area contributed by atoms with E-state index in [9.17, 15) is 19.2 Å². The van der Waals surface area contributed by atoms with Crippen molar-refractivity contribution in [1.82, 2.24) is 4.90 Å². The normalized spacial score (nSPS) is 13.9. The van der Waals surface area contributed by atoms with E-state index in [1.165, 1.54) is 18.2 Å². The van der Waals surface area contributed by atoms with Crippen LogP contribution in [0, 0.1) is 0 Å². The molecular weight excluding hydrogens is 588 g/mol. The molecule has 1 aliphatic rings. The second kappa shape index (κ2) is 13.6. The van der Waals surface area contributed by atoms with Crippen molar-refractivity contribution in [2.45, 2.75) is 20.0 Å². The number of hydrogen-bond acceptors (Lipinski definition) is 7. The number of benzene rings is 4. The number of carbonyl (C=O) groups is 4. The summed E-state index contributed by atoms with van der Waals surface area (Å²) in [7, 11) is 0. The largest absolute Gasteiger partial charge is 0.488 e. The fourth-order valence-corrected chi connectivity index (χ4v) is 5.48. The Hall–Kier alpha value is -4.60. The Kier molecular flexibility index (Phi) is 9.44. The van der Waals surface area contributed by atoms with Gasteiger partial charge in [0.25, 0.3) is 11.1 Å². The van der Waals surface area contributed by atoms with Crippen LogP contribution in [0.5, 0.6) is 5.75 Å². The first kappa shape index (κ1) is 29.9. The number of amides is 3. The maximum atomic E-state index is 13.2. The van der Waals surface area contributed by atoms with Crippen LogP contribution in [0.4, 0.5) is 10.5 Å². The molecule has 0 spiro atoms. The minimum atomic E-state index is -0.613. The van der Waals surface area contributed by atoms with Gasteiger partial charge in [-0.3, -0.25) is 19.3 Å². The molecule has 218 valence electrons. The number of carbonyl (C=O) groups excluding carboxylic acids is 4. The van der Waals surface area contributed by atoms with Crippen molar-refractivity contribution >= 4 is 68.9 Å². The van der Waals surface area contributed by atoms with E-state index in [1.54, 1.807) is 18.2 Å². The van der Waals surface area contributed by atoms with Gasteiger partial charge in [-0.15, -0.1) is 0 Å². The van der Waals surface area contributed by atoms with Crippen molar-refractivity contribution in [3.05, 3.63) is 112 Å². The van der Waals surface area contributed by atoms with Gasteiger partial charge in [0.15, 0.2) is 0 Å². The molecule has 0 saturated carbocycles. The predicted molar refractivity (Wildman–Crippen MR) is 168 cm³/mol. The van der Waals surface area contributed by atoms with E-state index in [0.29, 0.717) is 24.3 Å². The summed E-state index contributed by atoms with van der Waals surface area (Å²) in [6.07, 6.45) is 2.24. The Labute approximate surface area is 257 Å². The van der Waals surface area contributed by atoms with Gasteiger partial charge in [-0.25, -0.2) is 4.79 Å². The Morgan fingerprint density at radius 2 is 1.74 bits per heavy atom. The lowest BCUT2D eigenvalue weighted by atomic mass is 10.1. The summed E-state index contributed by atoms with van der Waals surface area (Å²) in [6.45, 7) is 1.92. The van der Waals surface area contributed by atoms with Crippen LogP contribution in [-0.4, -0.2) is 41.1 Å². The summed E-state index contributed by atoms with van der Waals surface area (Å²) in [5.74, 6) is -1.26. The summed E-state index contributed by atoms with van der Waals surface area (Å²) in [6, 6.07) is 25.7. The molecule has 43 heavy (non-hydrogen) atoms. The highest BCUT2D eigenvalue weighted by atomic mass is 35.5. The average molecular weight is 615 g/mol. The molecule has 4 aromatic carbocycles. The molecule has 5 rings (SSSR count). The third-order valence-electron chi connectivity index (χ3n) is 6.55. The third kappa shape index (κ3) is 7.07. The van der Waals surface area contributed by atoms with E-state index in [2.05, 4.69) is 5.32 Å². The summed E-state index contributed by atoms with van der Waals surface area (Å²) < 4.78 is 11.3. The molecule has 1 saturated heterocycles. The fourth-order valence-electron chi connectivity index (χ4n) is 4.46. The first-order chi connectivity index (χ1) is 20.8. The number of nitrogens with one attached hydrogen (secondary N) is 1. The Morgan fingerprint density at radius 3 is 2.58 bits per heavy atom. The van der Waals surface area contributed by atoms with Crippen LogP contribution in [-0.2, 0) is 20.9 Å². The van der Waals surface area contributed by atoms with E-state index in [0.717, 1.165) is 33.0 Å². The highest BCUT2D eigenvalue weighted by Crippen LogP contribution is 2.34. The van der Waals surface area contributed by atoms with Crippen LogP contribution in [0.15, 0.2) is 89.8 Å². The van der Waals surface area contributed by atoms with Gasteiger partial charge in [0.05, 0.1) is 22.1 Å². The fraction of sp³-hybridized carbons (Fsp3) is 0.152. The van der Waals surface area contributed by atoms with Crippen LogP contribution in [0.1, 0.15) is 34.8 Å². The molecule has 4 aromatic rings. The number of rotatable bonds is 10. The van der Waals surface area contributed by atoms with E-state index in [1.807, 2.05) is 61.5 Å². The molecule has 8 nitrogen and oxygen atoms in total. The lowest BCUT2D eigenvalue weighted by molar-refractivity contribution is -0.127. The summed E-state index contributed by atoms with van der Waals surface area (Å²) in [4.78, 5) is 52.0. The Morgan fingerprint density at radius 1 is 0.977 bits per heavy atom. The number of ether oxygens (including phenoxy) is 2. The number of esters is 1. The van der Waals surface area contributed by atoms with Crippen LogP contribution < -0.4 is 10.1 Å². The summed E-state index contributed by atoms with van der Waals surface area (Å²) in [5.41, 5.74) is 2.02. The highest BCUT2D eigenvalue weighted by Gasteiger charge is 2.36. The zero-order valence-corrected chi connectivity index (χ0v) is 24.7. The Bertz CT molecular complexity index is 1750. The molecule has 0 unspecified atom stereocenters. The summed E-state index contributed by atoms with van der Waals surface area (Å²) in [5, 5.41) is 4.42. The molecule has 1 N–H and O–H groups in total. The molecule has 1 heterocycles. The molecule has 0 bridgehead atoms. The van der Waals surface area contributed by atoms with Gasteiger partial charge in [0.2, 0.25) is 5.91 Å². The number of halogens is 1. The van der Waals surface area contributed by atoms with Gasteiger partial charge in [0, 0.05) is 11.3 Å². The van der Waals surface area contributed by atoms with Crippen molar-refractivity contribution in [1.29, 1.82) is 0 Å². The quantitative estimate of drug-likeness (QED) is 0.148. The molecule has 10 heteroatoms. The third-order valence-corrected chi connectivity index (χ3v) is 7.79. The van der Waals surface area contributed by atoms with Crippen molar-refractivity contribution in [3.8, 4) is 5.75 Å². The van der Waals surface area contributed by atoms with Gasteiger partial charge >= 0.3 is 5.97 Å². The van der Waals surface area contributed by atoms with E-state index in [-0.39, 0.29) is 27.8 Å². The number of thioether (sulfide) groups is 1. The predicted octanol–water partition coefficient (Wildman–Crippen LogP) is 7.31. The summed E-state index contributed by atoms with van der Waals surface area (Å²) >= 11 is 6.87. The molecule has 1 aliphatic heterocycles. The number of anilines is 1. The van der Waals surface area contributed by atoms with Gasteiger partial charge in [-0.05, 0) is 64.9 Å². The molecule has 3 amide bonds. The topological polar surface area (TPSA) is 102 Å². The average Bonchev–Trinajstić information content (AvgIpc) is 3.27. The van der Waals surface area contributed by atoms with E-state index >= 15 is 0 Å². The molecule has 0 aliphatic carbocycles. The number of imide groups is 1. The molecule has 0 aromatic heterocycles. The van der Waals surface area contributed by atoms with E-state index < -0.39 is 29.6 Å². The monoisotopic (exact) mass is 614 g/mol. The van der Waals surface area contributed by atoms with Crippen LogP contribution in [0.25, 0.3) is 16.8 Å². The van der Waals surface area contributed by atoms with Gasteiger partial charge < -0.3 is 14.8 Å². The minimum Gasteiger partial charge on any atom is -0.488 e. The molecular formula is C33H27ClN2O6S. The minimum absolute atomic E-state index is 0.100. The number of para-hydroxylation sites is 1. The maximum absolute atomic E-state index is 13.2. The molecule has 1 fully saturated rings. The maximum Gasteiger partial charge on any atom is 0.339 e. The van der Waals surface area contributed by atoms with Crippen LogP contribution in [0.2, 0.25) is 5.02 Å². The smallest absolute Gasteiger partial charge is 0.339 e. The van der Waals surface area contributed by atoms with Gasteiger partial charge in [-0.1, -0.05) is 79.2 Å². The number of fused-ring (bicyclic) bond motifs is 1. The lowest BCUT2D eigenvalue weighted by Gasteiger charge is -2.13. The van der Waals surface area contributed by atoms with Crippen molar-refractivity contribution in [2.24, 2.45) is 0 Å². The first-order valence-electron chi connectivity index (χ1n) is 13.5. The first-order valence-corrected chi connectivity index (χ1v) is 14.7. The zero-order chi connectivity index (χ0) is 30.3. The molecule has 0 atom stereocenters. The molecule has 0 radical (unpaired) electrons. The van der Waals surface area contributed by atoms with Crippen LogP contribution in [0.3, 0.4) is 0 Å². The lowest BCUT2D eigenvalue weighted by Crippen LogP contribution is -2.36.